The highest BCUT2D eigenvalue weighted by molar-refractivity contribution is 14.0. The van der Waals surface area contributed by atoms with E-state index in [2.05, 4.69) is 72.4 Å². The van der Waals surface area contributed by atoms with E-state index in [1.807, 2.05) is 12.1 Å². The molecule has 6 nitrogen and oxygen atoms in total. The Morgan fingerprint density at radius 3 is 2.57 bits per heavy atom. The Morgan fingerprint density at radius 1 is 1.21 bits per heavy atom. The van der Waals surface area contributed by atoms with E-state index in [1.54, 1.807) is 6.26 Å². The van der Waals surface area contributed by atoms with Gasteiger partial charge >= 0.3 is 0 Å². The van der Waals surface area contributed by atoms with Gasteiger partial charge in [-0.2, -0.15) is 0 Å². The number of hydrogen-bond donors (Lipinski definition) is 2. The van der Waals surface area contributed by atoms with Crippen molar-refractivity contribution in [1.29, 1.82) is 0 Å². The van der Waals surface area contributed by atoms with Crippen molar-refractivity contribution >= 4 is 29.9 Å². The summed E-state index contributed by atoms with van der Waals surface area (Å²) in [6, 6.07) is 8.74. The minimum Gasteiger partial charge on any atom is -0.444 e. The van der Waals surface area contributed by atoms with Crippen molar-refractivity contribution < 1.29 is 4.42 Å². The van der Waals surface area contributed by atoms with Crippen LogP contribution in [0.4, 0.5) is 0 Å². The lowest BCUT2D eigenvalue weighted by Crippen LogP contribution is -2.42. The molecule has 156 valence electrons. The van der Waals surface area contributed by atoms with Crippen molar-refractivity contribution in [2.45, 2.75) is 46.7 Å². The fourth-order valence-electron chi connectivity index (χ4n) is 2.59. The lowest BCUT2D eigenvalue weighted by molar-refractivity contribution is 0.255. The van der Waals surface area contributed by atoms with Crippen LogP contribution in [0, 0.1) is 6.92 Å². The maximum absolute atomic E-state index is 5.61. The zero-order valence-electron chi connectivity index (χ0n) is 17.7. The highest BCUT2D eigenvalue weighted by atomic mass is 127. The van der Waals surface area contributed by atoms with Gasteiger partial charge in [0.25, 0.3) is 0 Å². The second-order valence-electron chi connectivity index (χ2n) is 6.87. The zero-order valence-corrected chi connectivity index (χ0v) is 20.0. The zero-order chi connectivity index (χ0) is 19.6. The smallest absolute Gasteiger partial charge is 0.226 e. The average Bonchev–Trinajstić information content (AvgIpc) is 3.14. The quantitative estimate of drug-likeness (QED) is 0.310. The number of halogens is 1. The Kier molecular flexibility index (Phi) is 11.1. The molecule has 0 bridgehead atoms. The molecule has 0 amide bonds. The van der Waals surface area contributed by atoms with Gasteiger partial charge in [0.2, 0.25) is 5.89 Å². The molecule has 2 aromatic rings. The summed E-state index contributed by atoms with van der Waals surface area (Å²) < 4.78 is 5.61. The maximum Gasteiger partial charge on any atom is 0.226 e. The second kappa shape index (κ2) is 12.8. The summed E-state index contributed by atoms with van der Waals surface area (Å²) in [7, 11) is 2.15. The van der Waals surface area contributed by atoms with Gasteiger partial charge in [-0.25, -0.2) is 9.98 Å². The van der Waals surface area contributed by atoms with Gasteiger partial charge in [0.15, 0.2) is 5.96 Å². The summed E-state index contributed by atoms with van der Waals surface area (Å²) in [5.74, 6) is 1.43. The van der Waals surface area contributed by atoms with E-state index < -0.39 is 0 Å². The number of hydrogen-bond acceptors (Lipinski definition) is 4. The van der Waals surface area contributed by atoms with E-state index in [0.29, 0.717) is 18.5 Å². The number of aliphatic imine (C=N–C) groups is 1. The van der Waals surface area contributed by atoms with Crippen LogP contribution in [0.2, 0.25) is 0 Å². The monoisotopic (exact) mass is 499 g/mol. The molecule has 28 heavy (non-hydrogen) atoms. The van der Waals surface area contributed by atoms with Gasteiger partial charge in [-0.15, -0.1) is 24.0 Å². The molecule has 0 aliphatic heterocycles. The number of nitrogens with one attached hydrogen (secondary N) is 2. The summed E-state index contributed by atoms with van der Waals surface area (Å²) in [6.45, 7) is 11.7. The van der Waals surface area contributed by atoms with Gasteiger partial charge in [-0.1, -0.05) is 24.6 Å². The van der Waals surface area contributed by atoms with Gasteiger partial charge < -0.3 is 20.0 Å². The van der Waals surface area contributed by atoms with E-state index in [4.69, 9.17) is 4.42 Å². The first-order chi connectivity index (χ1) is 13.0. The number of guanidine groups is 1. The van der Waals surface area contributed by atoms with Crippen molar-refractivity contribution in [2.75, 3.05) is 26.7 Å². The number of likely N-dealkylation sites (N-methyl/N-ethyl adjacent to an activating group) is 1. The molecule has 0 saturated heterocycles. The van der Waals surface area contributed by atoms with Crippen molar-refractivity contribution in [3.05, 3.63) is 41.8 Å². The molecule has 0 fully saturated rings. The Hall–Kier alpha value is -1.61. The molecule has 7 heteroatoms. The predicted molar refractivity (Wildman–Crippen MR) is 127 cm³/mol. The van der Waals surface area contributed by atoms with Crippen LogP contribution in [0.5, 0.6) is 0 Å². The number of aromatic nitrogens is 1. The van der Waals surface area contributed by atoms with Crippen LogP contribution in [-0.2, 0) is 6.54 Å². The molecule has 1 aromatic heterocycles. The molecule has 0 spiro atoms. The number of rotatable bonds is 9. The lowest BCUT2D eigenvalue weighted by atomic mass is 10.1. The van der Waals surface area contributed by atoms with Crippen LogP contribution in [0.1, 0.15) is 38.4 Å². The predicted octanol–water partition coefficient (Wildman–Crippen LogP) is 4.05. The number of benzene rings is 1. The van der Waals surface area contributed by atoms with Gasteiger partial charge in [0.1, 0.15) is 12.0 Å². The van der Waals surface area contributed by atoms with Crippen molar-refractivity contribution in [3.63, 3.8) is 0 Å². The van der Waals surface area contributed by atoms with Crippen LogP contribution in [0.25, 0.3) is 11.5 Å². The average molecular weight is 499 g/mol. The molecule has 0 saturated carbocycles. The van der Waals surface area contributed by atoms with Crippen LogP contribution in [0.3, 0.4) is 0 Å². The van der Waals surface area contributed by atoms with Gasteiger partial charge in [-0.05, 0) is 46.4 Å². The standard InChI is InChI=1S/C21H33N5O.HI/c1-6-17(4)26(5)13-12-23-21(22-7-2)24-14-19-15-27-20(25-19)18-10-8-16(3)9-11-18;/h8-11,15,17H,6-7,12-14H2,1-5H3,(H2,22,23,24);1H. The normalized spacial score (nSPS) is 12.6. The second-order valence-corrected chi connectivity index (χ2v) is 6.87. The van der Waals surface area contributed by atoms with Crippen molar-refractivity contribution in [3.8, 4) is 11.5 Å². The van der Waals surface area contributed by atoms with Crippen LogP contribution in [-0.4, -0.2) is 48.6 Å². The molecule has 2 N–H and O–H groups in total. The topological polar surface area (TPSA) is 65.7 Å². The molecular weight excluding hydrogens is 465 g/mol. The summed E-state index contributed by atoms with van der Waals surface area (Å²) in [6.07, 6.45) is 2.83. The molecule has 0 radical (unpaired) electrons. The van der Waals surface area contributed by atoms with E-state index in [0.717, 1.165) is 43.3 Å². The van der Waals surface area contributed by atoms with E-state index >= 15 is 0 Å². The molecule has 0 aliphatic carbocycles. The fraction of sp³-hybridized carbons (Fsp3) is 0.524. The van der Waals surface area contributed by atoms with Crippen molar-refractivity contribution in [1.82, 2.24) is 20.5 Å². The third kappa shape index (κ3) is 7.79. The van der Waals surface area contributed by atoms with Crippen LogP contribution < -0.4 is 10.6 Å². The fourth-order valence-corrected chi connectivity index (χ4v) is 2.59. The highest BCUT2D eigenvalue weighted by Gasteiger charge is 2.08. The van der Waals surface area contributed by atoms with Crippen LogP contribution in [0.15, 0.2) is 39.9 Å². The maximum atomic E-state index is 5.61. The Labute approximate surface area is 186 Å². The molecule has 1 heterocycles. The molecular formula is C21H34IN5O. The summed E-state index contributed by atoms with van der Waals surface area (Å²) >= 11 is 0. The molecule has 2 rings (SSSR count). The highest BCUT2D eigenvalue weighted by Crippen LogP contribution is 2.19. The summed E-state index contributed by atoms with van der Waals surface area (Å²) in [5.41, 5.74) is 3.02. The summed E-state index contributed by atoms with van der Waals surface area (Å²) in [4.78, 5) is 11.5. The van der Waals surface area contributed by atoms with Gasteiger partial charge in [0.05, 0.1) is 6.54 Å². The lowest BCUT2D eigenvalue weighted by Gasteiger charge is -2.23. The van der Waals surface area contributed by atoms with Gasteiger partial charge in [0, 0.05) is 31.2 Å². The van der Waals surface area contributed by atoms with E-state index in [1.165, 1.54) is 5.56 Å². The molecule has 1 unspecified atom stereocenters. The molecule has 1 atom stereocenters. The largest absolute Gasteiger partial charge is 0.444 e. The third-order valence-corrected chi connectivity index (χ3v) is 4.69. The minimum atomic E-state index is 0. The number of aryl methyl sites for hydroxylation is 1. The third-order valence-electron chi connectivity index (χ3n) is 4.69. The Morgan fingerprint density at radius 2 is 1.93 bits per heavy atom. The minimum absolute atomic E-state index is 0. The number of oxazole rings is 1. The van der Waals surface area contributed by atoms with E-state index in [-0.39, 0.29) is 24.0 Å². The summed E-state index contributed by atoms with van der Waals surface area (Å²) in [5, 5.41) is 6.66. The number of nitrogens with zero attached hydrogens (tertiary/aromatic N) is 3. The SMILES string of the molecule is CCNC(=NCc1coc(-c2ccc(C)cc2)n1)NCCN(C)C(C)CC.I. The molecule has 0 aliphatic rings. The Balaban J connectivity index is 0.00000392. The van der Waals surface area contributed by atoms with E-state index in [9.17, 15) is 0 Å². The first-order valence-corrected chi connectivity index (χ1v) is 9.77. The first kappa shape index (κ1) is 24.4. The van der Waals surface area contributed by atoms with Crippen molar-refractivity contribution in [2.24, 2.45) is 4.99 Å². The first-order valence-electron chi connectivity index (χ1n) is 9.77. The Bertz CT molecular complexity index is 714. The molecule has 1 aromatic carbocycles. The van der Waals surface area contributed by atoms with Gasteiger partial charge in [-0.3, -0.25) is 0 Å². The van der Waals surface area contributed by atoms with Crippen LogP contribution >= 0.6 is 24.0 Å².